The molecule has 0 bridgehead atoms. The third-order valence-electron chi connectivity index (χ3n) is 1.72. The van der Waals surface area contributed by atoms with E-state index < -0.39 is 17.1 Å². The van der Waals surface area contributed by atoms with Crippen molar-refractivity contribution < 1.29 is 9.84 Å². The predicted octanol–water partition coefficient (Wildman–Crippen LogP) is -0.652. The van der Waals surface area contributed by atoms with Gasteiger partial charge in [0.25, 0.3) is 5.56 Å². The van der Waals surface area contributed by atoms with Crippen molar-refractivity contribution in [1.82, 2.24) is 9.97 Å². The fourth-order valence-corrected chi connectivity index (χ4v) is 1.05. The number of ether oxygens (including phenoxy) is 1. The Balaban J connectivity index is 2.86. The Hall–Kier alpha value is -1.56. The maximum absolute atomic E-state index is 11.2. The summed E-state index contributed by atoms with van der Waals surface area (Å²) in [6.45, 7) is 2.71. The molecule has 1 heterocycles. The maximum Gasteiger partial charge on any atom is 0.328 e. The van der Waals surface area contributed by atoms with Crippen LogP contribution < -0.4 is 11.2 Å². The van der Waals surface area contributed by atoms with Crippen molar-refractivity contribution in [2.75, 3.05) is 13.2 Å². The second kappa shape index (κ2) is 4.61. The molecule has 3 N–H and O–H groups in total. The monoisotopic (exact) mass is 200 g/mol. The van der Waals surface area contributed by atoms with Crippen LogP contribution in [0, 0.1) is 0 Å². The zero-order valence-corrected chi connectivity index (χ0v) is 7.79. The molecule has 0 aliphatic rings. The standard InChI is InChI=1S/C8H12N2O4/c1-2-14-4-3-5-6(11)9-8(13)10-7(5)12/h2-4H2,1H3,(H3,9,10,11,12,13). The zero-order valence-electron chi connectivity index (χ0n) is 7.79. The number of nitrogens with one attached hydrogen (secondary N) is 2. The van der Waals surface area contributed by atoms with Crippen LogP contribution in [0.25, 0.3) is 0 Å². The van der Waals surface area contributed by atoms with E-state index in [1.807, 2.05) is 11.9 Å². The van der Waals surface area contributed by atoms with E-state index in [2.05, 4.69) is 4.98 Å². The van der Waals surface area contributed by atoms with Gasteiger partial charge < -0.3 is 9.84 Å². The van der Waals surface area contributed by atoms with Crippen LogP contribution in [0.5, 0.6) is 5.88 Å². The lowest BCUT2D eigenvalue weighted by atomic mass is 10.2. The quantitative estimate of drug-likeness (QED) is 0.563. The highest BCUT2D eigenvalue weighted by Gasteiger charge is 2.07. The fraction of sp³-hybridized carbons (Fsp3) is 0.500. The summed E-state index contributed by atoms with van der Waals surface area (Å²) in [5.41, 5.74) is -1.16. The van der Waals surface area contributed by atoms with Gasteiger partial charge in [0.1, 0.15) is 0 Å². The molecular weight excluding hydrogens is 188 g/mol. The highest BCUT2D eigenvalue weighted by Crippen LogP contribution is 2.05. The number of aromatic hydroxyl groups is 1. The first-order chi connectivity index (χ1) is 6.65. The molecule has 0 spiro atoms. The van der Waals surface area contributed by atoms with Gasteiger partial charge in [-0.3, -0.25) is 14.8 Å². The van der Waals surface area contributed by atoms with Crippen molar-refractivity contribution in [3.8, 4) is 5.88 Å². The van der Waals surface area contributed by atoms with Crippen LogP contribution in [0.3, 0.4) is 0 Å². The summed E-state index contributed by atoms with van der Waals surface area (Å²) in [5, 5.41) is 9.24. The molecule has 0 aliphatic heterocycles. The summed E-state index contributed by atoms with van der Waals surface area (Å²) < 4.78 is 5.02. The Morgan fingerprint density at radius 2 is 2.07 bits per heavy atom. The molecule has 0 unspecified atom stereocenters. The van der Waals surface area contributed by atoms with Gasteiger partial charge in [0.15, 0.2) is 0 Å². The van der Waals surface area contributed by atoms with E-state index in [4.69, 9.17) is 4.74 Å². The van der Waals surface area contributed by atoms with E-state index in [-0.39, 0.29) is 12.0 Å². The first-order valence-electron chi connectivity index (χ1n) is 4.27. The minimum absolute atomic E-state index is 0.137. The van der Waals surface area contributed by atoms with Gasteiger partial charge >= 0.3 is 5.69 Å². The topological polar surface area (TPSA) is 95.2 Å². The van der Waals surface area contributed by atoms with Gasteiger partial charge in [0.05, 0.1) is 12.2 Å². The average molecular weight is 200 g/mol. The molecule has 1 aromatic heterocycles. The maximum atomic E-state index is 11.2. The van der Waals surface area contributed by atoms with Gasteiger partial charge in [-0.2, -0.15) is 0 Å². The van der Waals surface area contributed by atoms with Crippen molar-refractivity contribution in [2.24, 2.45) is 0 Å². The Morgan fingerprint density at radius 1 is 1.36 bits per heavy atom. The van der Waals surface area contributed by atoms with Crippen LogP contribution in [0.15, 0.2) is 9.59 Å². The largest absolute Gasteiger partial charge is 0.494 e. The minimum Gasteiger partial charge on any atom is -0.494 e. The predicted molar refractivity (Wildman–Crippen MR) is 49.5 cm³/mol. The summed E-state index contributed by atoms with van der Waals surface area (Å²) in [7, 11) is 0. The van der Waals surface area contributed by atoms with E-state index >= 15 is 0 Å². The Labute approximate surface area is 79.6 Å². The third kappa shape index (κ3) is 2.46. The molecule has 14 heavy (non-hydrogen) atoms. The number of hydrogen-bond donors (Lipinski definition) is 3. The van der Waals surface area contributed by atoms with E-state index in [0.29, 0.717) is 13.2 Å². The van der Waals surface area contributed by atoms with Crippen LogP contribution in [-0.2, 0) is 11.2 Å². The number of hydrogen-bond acceptors (Lipinski definition) is 4. The fourth-order valence-electron chi connectivity index (χ4n) is 1.05. The second-order valence-corrected chi connectivity index (χ2v) is 2.68. The van der Waals surface area contributed by atoms with Crippen LogP contribution in [0.4, 0.5) is 0 Å². The molecule has 0 fully saturated rings. The smallest absolute Gasteiger partial charge is 0.328 e. The average Bonchev–Trinajstić information content (AvgIpc) is 2.09. The normalized spacial score (nSPS) is 10.4. The molecule has 0 aromatic carbocycles. The summed E-state index contributed by atoms with van der Waals surface area (Å²) in [4.78, 5) is 26.0. The highest BCUT2D eigenvalue weighted by molar-refractivity contribution is 5.20. The first kappa shape index (κ1) is 10.5. The molecule has 1 aromatic rings. The Morgan fingerprint density at radius 3 is 2.64 bits per heavy atom. The van der Waals surface area contributed by atoms with Crippen LogP contribution >= 0.6 is 0 Å². The lowest BCUT2D eigenvalue weighted by Crippen LogP contribution is -2.25. The Bertz CT molecular complexity index is 407. The van der Waals surface area contributed by atoms with Crippen LogP contribution in [0.2, 0.25) is 0 Å². The third-order valence-corrected chi connectivity index (χ3v) is 1.72. The summed E-state index contributed by atoms with van der Waals surface area (Å²) in [6.07, 6.45) is 0.270. The van der Waals surface area contributed by atoms with Gasteiger partial charge in [0, 0.05) is 13.0 Å². The SMILES string of the molecule is CCOCCc1c(O)[nH]c(=O)[nH]c1=O. The molecule has 78 valence electrons. The number of rotatable bonds is 4. The van der Waals surface area contributed by atoms with Gasteiger partial charge in [-0.05, 0) is 6.92 Å². The van der Waals surface area contributed by atoms with Crippen LogP contribution in [-0.4, -0.2) is 28.3 Å². The molecule has 0 amide bonds. The molecule has 0 aliphatic carbocycles. The highest BCUT2D eigenvalue weighted by atomic mass is 16.5. The molecule has 6 nitrogen and oxygen atoms in total. The number of H-pyrrole nitrogens is 2. The van der Waals surface area contributed by atoms with E-state index in [1.165, 1.54) is 0 Å². The molecule has 0 radical (unpaired) electrons. The molecule has 0 saturated heterocycles. The van der Waals surface area contributed by atoms with Gasteiger partial charge in [-0.1, -0.05) is 0 Å². The number of aromatic nitrogens is 2. The Kier molecular flexibility index (Phi) is 3.47. The van der Waals surface area contributed by atoms with E-state index in [9.17, 15) is 14.7 Å². The molecule has 0 atom stereocenters. The van der Waals surface area contributed by atoms with Gasteiger partial charge in [-0.25, -0.2) is 4.79 Å². The van der Waals surface area contributed by atoms with Crippen molar-refractivity contribution in [3.63, 3.8) is 0 Å². The van der Waals surface area contributed by atoms with E-state index in [1.54, 1.807) is 0 Å². The second-order valence-electron chi connectivity index (χ2n) is 2.68. The summed E-state index contributed by atoms with van der Waals surface area (Å²) in [5.74, 6) is -0.390. The molecular formula is C8H12N2O4. The van der Waals surface area contributed by atoms with Crippen molar-refractivity contribution in [2.45, 2.75) is 13.3 Å². The van der Waals surface area contributed by atoms with Gasteiger partial charge in [0.2, 0.25) is 5.88 Å². The minimum atomic E-state index is -0.715. The van der Waals surface area contributed by atoms with Crippen molar-refractivity contribution in [1.29, 1.82) is 0 Å². The molecule has 6 heteroatoms. The van der Waals surface area contributed by atoms with Crippen molar-refractivity contribution >= 4 is 0 Å². The van der Waals surface area contributed by atoms with Crippen LogP contribution in [0.1, 0.15) is 12.5 Å². The number of aromatic amines is 2. The lowest BCUT2D eigenvalue weighted by Gasteiger charge is -2.02. The first-order valence-corrected chi connectivity index (χ1v) is 4.27. The van der Waals surface area contributed by atoms with Crippen molar-refractivity contribution in [3.05, 3.63) is 26.4 Å². The van der Waals surface area contributed by atoms with Gasteiger partial charge in [-0.15, -0.1) is 0 Å². The molecule has 1 rings (SSSR count). The summed E-state index contributed by atoms with van der Waals surface area (Å²) in [6, 6.07) is 0. The molecule has 0 saturated carbocycles. The lowest BCUT2D eigenvalue weighted by molar-refractivity contribution is 0.150. The summed E-state index contributed by atoms with van der Waals surface area (Å²) >= 11 is 0. The van der Waals surface area contributed by atoms with E-state index in [0.717, 1.165) is 0 Å². The zero-order chi connectivity index (χ0) is 10.6.